The van der Waals surface area contributed by atoms with E-state index in [1.54, 1.807) is 0 Å². The van der Waals surface area contributed by atoms with Crippen LogP contribution in [0.15, 0.2) is 0 Å². The van der Waals surface area contributed by atoms with Gasteiger partial charge in [0.05, 0.1) is 7.11 Å². The van der Waals surface area contributed by atoms with Gasteiger partial charge in [-0.15, -0.1) is 0 Å². The molecular formula is C12H24N2O2. The van der Waals surface area contributed by atoms with E-state index in [0.717, 1.165) is 19.5 Å². The van der Waals surface area contributed by atoms with Crippen LogP contribution in [0.2, 0.25) is 0 Å². The van der Waals surface area contributed by atoms with Crippen LogP contribution in [-0.2, 0) is 9.53 Å². The number of likely N-dealkylation sites (tertiary alicyclic amines) is 1. The van der Waals surface area contributed by atoms with Crippen LogP contribution >= 0.6 is 0 Å². The van der Waals surface area contributed by atoms with Crippen molar-refractivity contribution >= 4 is 5.97 Å². The van der Waals surface area contributed by atoms with Crippen LogP contribution in [0.5, 0.6) is 0 Å². The molecule has 1 fully saturated rings. The van der Waals surface area contributed by atoms with Crippen molar-refractivity contribution in [1.29, 1.82) is 0 Å². The van der Waals surface area contributed by atoms with Crippen molar-refractivity contribution in [2.75, 3.05) is 40.8 Å². The van der Waals surface area contributed by atoms with Gasteiger partial charge in [0.2, 0.25) is 0 Å². The lowest BCUT2D eigenvalue weighted by Gasteiger charge is -2.26. The van der Waals surface area contributed by atoms with Crippen molar-refractivity contribution < 1.29 is 9.53 Å². The Morgan fingerprint density at radius 1 is 1.50 bits per heavy atom. The summed E-state index contributed by atoms with van der Waals surface area (Å²) in [5.41, 5.74) is 0. The van der Waals surface area contributed by atoms with Crippen molar-refractivity contribution in [3.63, 3.8) is 0 Å². The first-order valence-electron chi connectivity index (χ1n) is 6.09. The molecule has 0 radical (unpaired) electrons. The third kappa shape index (κ3) is 4.49. The van der Waals surface area contributed by atoms with Crippen molar-refractivity contribution in [2.24, 2.45) is 0 Å². The molecule has 4 nitrogen and oxygen atoms in total. The zero-order valence-electron chi connectivity index (χ0n) is 10.7. The number of ether oxygens (including phenoxy) is 1. The first-order valence-corrected chi connectivity index (χ1v) is 6.09. The van der Waals surface area contributed by atoms with E-state index in [4.69, 9.17) is 0 Å². The highest BCUT2D eigenvalue weighted by Crippen LogP contribution is 2.18. The van der Waals surface area contributed by atoms with Crippen molar-refractivity contribution in [3.8, 4) is 0 Å². The molecule has 1 aliphatic heterocycles. The lowest BCUT2D eigenvalue weighted by Crippen LogP contribution is -2.38. The standard InChI is InChI=1S/C12H24N2O2/c1-13(2)10-11-6-4-8-14(11)9-5-7-12(15)16-3/h11H,4-10H2,1-3H3. The second-order valence-electron chi connectivity index (χ2n) is 4.77. The SMILES string of the molecule is COC(=O)CCCN1CCCC1CN(C)C. The van der Waals surface area contributed by atoms with E-state index in [-0.39, 0.29) is 5.97 Å². The molecule has 0 aromatic rings. The average molecular weight is 228 g/mol. The van der Waals surface area contributed by atoms with Crippen LogP contribution in [0.1, 0.15) is 25.7 Å². The molecule has 0 bridgehead atoms. The largest absolute Gasteiger partial charge is 0.469 e. The van der Waals surface area contributed by atoms with Crippen LogP contribution in [0.25, 0.3) is 0 Å². The topological polar surface area (TPSA) is 32.8 Å². The minimum Gasteiger partial charge on any atom is -0.469 e. The molecule has 1 aliphatic rings. The molecule has 0 spiro atoms. The van der Waals surface area contributed by atoms with Gasteiger partial charge in [0.1, 0.15) is 0 Å². The Hall–Kier alpha value is -0.610. The molecule has 0 N–H and O–H groups in total. The molecule has 1 atom stereocenters. The van der Waals surface area contributed by atoms with Crippen LogP contribution in [0.3, 0.4) is 0 Å². The predicted octanol–water partition coefficient (Wildman–Crippen LogP) is 0.966. The second kappa shape index (κ2) is 6.86. The molecule has 4 heteroatoms. The summed E-state index contributed by atoms with van der Waals surface area (Å²) >= 11 is 0. The Morgan fingerprint density at radius 3 is 2.88 bits per heavy atom. The molecule has 1 heterocycles. The normalized spacial score (nSPS) is 21.6. The molecule has 16 heavy (non-hydrogen) atoms. The molecule has 1 unspecified atom stereocenters. The number of methoxy groups -OCH3 is 1. The summed E-state index contributed by atoms with van der Waals surface area (Å²) in [5.74, 6) is -0.0941. The Balaban J connectivity index is 2.22. The van der Waals surface area contributed by atoms with E-state index in [1.165, 1.54) is 26.5 Å². The Morgan fingerprint density at radius 2 is 2.25 bits per heavy atom. The Kier molecular flexibility index (Phi) is 5.77. The minimum absolute atomic E-state index is 0.0941. The van der Waals surface area contributed by atoms with E-state index in [2.05, 4.69) is 28.6 Å². The summed E-state index contributed by atoms with van der Waals surface area (Å²) in [6.45, 7) is 3.32. The van der Waals surface area contributed by atoms with Gasteiger partial charge in [0, 0.05) is 19.0 Å². The lowest BCUT2D eigenvalue weighted by atomic mass is 10.2. The van der Waals surface area contributed by atoms with Crippen molar-refractivity contribution in [1.82, 2.24) is 9.80 Å². The van der Waals surface area contributed by atoms with Crippen molar-refractivity contribution in [2.45, 2.75) is 31.7 Å². The number of carbonyl (C=O) groups is 1. The van der Waals surface area contributed by atoms with E-state index >= 15 is 0 Å². The van der Waals surface area contributed by atoms with E-state index < -0.39 is 0 Å². The zero-order chi connectivity index (χ0) is 12.0. The van der Waals surface area contributed by atoms with Crippen LogP contribution in [-0.4, -0.2) is 62.7 Å². The summed E-state index contributed by atoms with van der Waals surface area (Å²) in [6.07, 6.45) is 4.03. The van der Waals surface area contributed by atoms with Crippen LogP contribution in [0, 0.1) is 0 Å². The number of hydrogen-bond acceptors (Lipinski definition) is 4. The van der Waals surface area contributed by atoms with Crippen LogP contribution < -0.4 is 0 Å². The molecule has 0 saturated carbocycles. The van der Waals surface area contributed by atoms with E-state index in [1.807, 2.05) is 0 Å². The molecule has 0 aliphatic carbocycles. The Bertz CT molecular complexity index is 219. The third-order valence-corrected chi connectivity index (χ3v) is 3.13. The predicted molar refractivity (Wildman–Crippen MR) is 64.4 cm³/mol. The fourth-order valence-electron chi connectivity index (χ4n) is 2.35. The van der Waals surface area contributed by atoms with E-state index in [9.17, 15) is 4.79 Å². The molecule has 0 aromatic heterocycles. The van der Waals surface area contributed by atoms with Gasteiger partial charge in [-0.05, 0) is 46.4 Å². The molecule has 1 saturated heterocycles. The highest BCUT2D eigenvalue weighted by molar-refractivity contribution is 5.69. The summed E-state index contributed by atoms with van der Waals surface area (Å²) in [6, 6.07) is 0.674. The van der Waals surface area contributed by atoms with E-state index in [0.29, 0.717) is 12.5 Å². The van der Waals surface area contributed by atoms with Gasteiger partial charge >= 0.3 is 5.97 Å². The smallest absolute Gasteiger partial charge is 0.305 e. The molecule has 0 aromatic carbocycles. The second-order valence-corrected chi connectivity index (χ2v) is 4.77. The fourth-order valence-corrected chi connectivity index (χ4v) is 2.35. The monoisotopic (exact) mass is 228 g/mol. The number of likely N-dealkylation sites (N-methyl/N-ethyl adjacent to an activating group) is 1. The van der Waals surface area contributed by atoms with Gasteiger partial charge in [0.15, 0.2) is 0 Å². The average Bonchev–Trinajstić information content (AvgIpc) is 2.64. The van der Waals surface area contributed by atoms with Gasteiger partial charge in [-0.1, -0.05) is 0 Å². The molecule has 1 rings (SSSR count). The highest BCUT2D eigenvalue weighted by atomic mass is 16.5. The number of carbonyl (C=O) groups excluding carboxylic acids is 1. The maximum Gasteiger partial charge on any atom is 0.305 e. The fraction of sp³-hybridized carbons (Fsp3) is 0.917. The van der Waals surface area contributed by atoms with Crippen LogP contribution in [0.4, 0.5) is 0 Å². The first-order chi connectivity index (χ1) is 7.63. The summed E-state index contributed by atoms with van der Waals surface area (Å²) in [4.78, 5) is 15.7. The third-order valence-electron chi connectivity index (χ3n) is 3.13. The number of rotatable bonds is 6. The zero-order valence-corrected chi connectivity index (χ0v) is 10.7. The maximum atomic E-state index is 11.0. The minimum atomic E-state index is -0.0941. The molecular weight excluding hydrogens is 204 g/mol. The number of nitrogens with zero attached hydrogens (tertiary/aromatic N) is 2. The summed E-state index contributed by atoms with van der Waals surface area (Å²) < 4.78 is 4.64. The van der Waals surface area contributed by atoms with Gasteiger partial charge in [-0.25, -0.2) is 0 Å². The summed E-state index contributed by atoms with van der Waals surface area (Å²) in [5, 5.41) is 0. The quantitative estimate of drug-likeness (QED) is 0.634. The lowest BCUT2D eigenvalue weighted by molar-refractivity contribution is -0.140. The van der Waals surface area contributed by atoms with Gasteiger partial charge in [-0.3, -0.25) is 9.69 Å². The van der Waals surface area contributed by atoms with Crippen molar-refractivity contribution in [3.05, 3.63) is 0 Å². The maximum absolute atomic E-state index is 11.0. The van der Waals surface area contributed by atoms with Gasteiger partial charge in [-0.2, -0.15) is 0 Å². The number of esters is 1. The van der Waals surface area contributed by atoms with Gasteiger partial charge < -0.3 is 9.64 Å². The highest BCUT2D eigenvalue weighted by Gasteiger charge is 2.24. The first kappa shape index (κ1) is 13.5. The molecule has 94 valence electrons. The van der Waals surface area contributed by atoms with Gasteiger partial charge in [0.25, 0.3) is 0 Å². The number of hydrogen-bond donors (Lipinski definition) is 0. The summed E-state index contributed by atoms with van der Waals surface area (Å²) in [7, 11) is 5.68. The molecule has 0 amide bonds. The Labute approximate surface area is 98.5 Å².